The van der Waals surface area contributed by atoms with Gasteiger partial charge in [-0.25, -0.2) is 0 Å². The molecule has 1 aromatic carbocycles. The molecule has 0 aromatic heterocycles. The first-order valence-corrected chi connectivity index (χ1v) is 5.33. The van der Waals surface area contributed by atoms with E-state index >= 15 is 0 Å². The lowest BCUT2D eigenvalue weighted by Crippen LogP contribution is -2.10. The Hall–Kier alpha value is -0.570. The fourth-order valence-corrected chi connectivity index (χ4v) is 1.64. The van der Waals surface area contributed by atoms with Crippen molar-refractivity contribution in [2.24, 2.45) is 0 Å². The van der Waals surface area contributed by atoms with Crippen molar-refractivity contribution < 1.29 is 8.78 Å². The highest BCUT2D eigenvalue weighted by molar-refractivity contribution is 7.99. The summed E-state index contributed by atoms with van der Waals surface area (Å²) < 4.78 is 24.0. The molecule has 1 aromatic rings. The number of hydrogen-bond donors (Lipinski definition) is 0. The molecule has 1 atom stereocenters. The molecule has 0 aliphatic heterocycles. The van der Waals surface area contributed by atoms with Crippen LogP contribution >= 0.6 is 11.8 Å². The molecule has 0 nitrogen and oxygen atoms in total. The van der Waals surface area contributed by atoms with Crippen molar-refractivity contribution in [2.45, 2.75) is 36.8 Å². The monoisotopic (exact) mass is 215 g/mol. The molecule has 0 saturated heterocycles. The van der Waals surface area contributed by atoms with Crippen LogP contribution in [0, 0.1) is 0 Å². The van der Waals surface area contributed by atoms with Crippen molar-refractivity contribution >= 4 is 11.8 Å². The number of hydrogen-bond acceptors (Lipinski definition) is 1. The van der Waals surface area contributed by atoms with Crippen LogP contribution in [0.1, 0.15) is 26.3 Å². The molecule has 0 heterocycles. The highest BCUT2D eigenvalue weighted by Gasteiger charge is 2.13. The van der Waals surface area contributed by atoms with Gasteiger partial charge in [-0.1, -0.05) is 44.7 Å². The summed E-state index contributed by atoms with van der Waals surface area (Å²) in [5, 5.41) is 0. The third-order valence-corrected chi connectivity index (χ3v) is 2.67. The van der Waals surface area contributed by atoms with Crippen LogP contribution in [0.15, 0.2) is 29.2 Å². The van der Waals surface area contributed by atoms with E-state index < -0.39 is 5.76 Å². The summed E-state index contributed by atoms with van der Waals surface area (Å²) in [5.41, 5.74) is 1.24. The van der Waals surface area contributed by atoms with Crippen LogP contribution in [0.3, 0.4) is 0 Å². The number of benzene rings is 1. The van der Waals surface area contributed by atoms with Gasteiger partial charge in [0.2, 0.25) is 0 Å². The smallest absolute Gasteiger partial charge is 0.198 e. The minimum atomic E-state index is -2.34. The predicted molar refractivity (Wildman–Crippen MR) is 57.0 cm³/mol. The van der Waals surface area contributed by atoms with Crippen LogP contribution in [0.4, 0.5) is 8.78 Å². The average Bonchev–Trinajstić information content (AvgIpc) is 2.02. The number of thioether (sulfide) groups is 1. The van der Waals surface area contributed by atoms with Gasteiger partial charge in [0.1, 0.15) is 0 Å². The van der Waals surface area contributed by atoms with Crippen molar-refractivity contribution in [3.63, 3.8) is 0 Å². The normalized spacial score (nSPS) is 14.1. The first-order chi connectivity index (χ1) is 6.39. The maximum absolute atomic E-state index is 12.0. The lowest BCUT2D eigenvalue weighted by molar-refractivity contribution is 0.252. The summed E-state index contributed by atoms with van der Waals surface area (Å²) in [5.74, 6) is -2.34. The van der Waals surface area contributed by atoms with Gasteiger partial charge < -0.3 is 0 Å². The average molecular weight is 215 g/mol. The van der Waals surface area contributed by atoms with Crippen molar-refractivity contribution in [1.82, 2.24) is 0 Å². The molecule has 0 aliphatic carbocycles. The second kappa shape index (κ2) is 4.30. The minimum Gasteiger partial charge on any atom is -0.198 e. The number of rotatable bonds is 2. The summed E-state index contributed by atoms with van der Waals surface area (Å²) in [4.78, 5) is 0.619. The Labute approximate surface area is 87.7 Å². The zero-order valence-electron chi connectivity index (χ0n) is 8.55. The van der Waals surface area contributed by atoms with Gasteiger partial charge >= 0.3 is 0 Å². The van der Waals surface area contributed by atoms with Crippen molar-refractivity contribution in [3.8, 4) is 0 Å². The first kappa shape index (κ1) is 11.5. The quantitative estimate of drug-likeness (QED) is 0.663. The van der Waals surface area contributed by atoms with E-state index in [1.165, 1.54) is 0 Å². The van der Waals surface area contributed by atoms with Crippen LogP contribution in [0.5, 0.6) is 0 Å². The second-order valence-corrected chi connectivity index (χ2v) is 5.22. The Kier molecular flexibility index (Phi) is 3.53. The molecular weight excluding hydrogens is 201 g/mol. The highest BCUT2D eigenvalue weighted by Crippen LogP contribution is 2.28. The van der Waals surface area contributed by atoms with E-state index in [-0.39, 0.29) is 5.41 Å². The van der Waals surface area contributed by atoms with Crippen LogP contribution in [0.25, 0.3) is 0 Å². The third kappa shape index (κ3) is 3.29. The topological polar surface area (TPSA) is 0 Å². The molecule has 1 rings (SSSR count). The van der Waals surface area contributed by atoms with Crippen LogP contribution < -0.4 is 0 Å². The molecule has 1 unspecified atom stereocenters. The van der Waals surface area contributed by atoms with Crippen LogP contribution in [0.2, 0.25) is 0 Å². The van der Waals surface area contributed by atoms with Gasteiger partial charge in [-0.2, -0.15) is 8.78 Å². The van der Waals surface area contributed by atoms with Crippen molar-refractivity contribution in [3.05, 3.63) is 29.8 Å². The van der Waals surface area contributed by atoms with Gasteiger partial charge in [0.15, 0.2) is 0 Å². The Morgan fingerprint density at radius 3 is 1.93 bits per heavy atom. The fourth-order valence-electron chi connectivity index (χ4n) is 1.14. The van der Waals surface area contributed by atoms with Crippen molar-refractivity contribution in [2.75, 3.05) is 0 Å². The molecule has 78 valence electrons. The molecule has 3 heteroatoms. The highest BCUT2D eigenvalue weighted by atomic mass is 32.2. The van der Waals surface area contributed by atoms with Gasteiger partial charge in [0.25, 0.3) is 5.76 Å². The van der Waals surface area contributed by atoms with E-state index in [2.05, 4.69) is 20.8 Å². The molecule has 0 bridgehead atoms. The van der Waals surface area contributed by atoms with Crippen LogP contribution in [-0.4, -0.2) is 5.76 Å². The number of alkyl halides is 2. The van der Waals surface area contributed by atoms with Crippen molar-refractivity contribution in [1.29, 1.82) is 0 Å². The van der Waals surface area contributed by atoms with Crippen LogP contribution in [-0.2, 0) is 5.41 Å². The van der Waals surface area contributed by atoms with Gasteiger partial charge in [0, 0.05) is 4.90 Å². The summed E-state index contributed by atoms with van der Waals surface area (Å²) >= 11 is 0.584. The SMILES string of the molecule is CC(C)(C)c1ccc(SC(F)[18F])cc1. The van der Waals surface area contributed by atoms with E-state index in [1.54, 1.807) is 12.1 Å². The largest absolute Gasteiger partial charge is 0.288 e. The first-order valence-electron chi connectivity index (χ1n) is 4.45. The van der Waals surface area contributed by atoms with Gasteiger partial charge in [-0.15, -0.1) is 0 Å². The zero-order valence-corrected chi connectivity index (χ0v) is 9.37. The molecule has 0 N–H and O–H groups in total. The molecule has 0 fully saturated rings. The number of halogens is 2. The molecule has 14 heavy (non-hydrogen) atoms. The van der Waals surface area contributed by atoms with E-state index in [9.17, 15) is 8.78 Å². The van der Waals surface area contributed by atoms with Gasteiger partial charge in [0.05, 0.1) is 0 Å². The summed E-state index contributed by atoms with van der Waals surface area (Å²) in [6, 6.07) is 7.31. The van der Waals surface area contributed by atoms with E-state index in [1.807, 2.05) is 12.1 Å². The molecule has 0 aliphatic rings. The zero-order chi connectivity index (χ0) is 10.8. The minimum absolute atomic E-state index is 0.0774. The lowest BCUT2D eigenvalue weighted by atomic mass is 9.87. The lowest BCUT2D eigenvalue weighted by Gasteiger charge is -2.18. The maximum atomic E-state index is 12.0. The molecular formula is C11H14F2S. The fraction of sp³-hybridized carbons (Fsp3) is 0.455. The standard InChI is InChI=1S/C11H14F2S/c1-11(2,3)8-4-6-9(7-5-8)14-10(12)13/h4-7,10H,1-3H3/i12-1. The summed E-state index contributed by atoms with van der Waals surface area (Å²) in [6.07, 6.45) is 0. The maximum Gasteiger partial charge on any atom is 0.288 e. The van der Waals surface area contributed by atoms with E-state index in [0.29, 0.717) is 16.7 Å². The summed E-state index contributed by atoms with van der Waals surface area (Å²) in [7, 11) is 0. The Morgan fingerprint density at radius 1 is 1.07 bits per heavy atom. The Morgan fingerprint density at radius 2 is 1.57 bits per heavy atom. The second-order valence-electron chi connectivity index (χ2n) is 4.15. The Bertz CT molecular complexity index is 285. The van der Waals surface area contributed by atoms with Gasteiger partial charge in [-0.3, -0.25) is 0 Å². The molecule has 0 radical (unpaired) electrons. The van der Waals surface area contributed by atoms with E-state index in [0.717, 1.165) is 5.56 Å². The molecule has 0 spiro atoms. The Balaban J connectivity index is 2.79. The van der Waals surface area contributed by atoms with Gasteiger partial charge in [-0.05, 0) is 23.1 Å². The van der Waals surface area contributed by atoms with E-state index in [4.69, 9.17) is 0 Å². The summed E-state index contributed by atoms with van der Waals surface area (Å²) in [6.45, 7) is 6.30. The molecule has 0 amide bonds. The molecule has 0 saturated carbocycles. The third-order valence-electron chi connectivity index (χ3n) is 1.95. The predicted octanol–water partition coefficient (Wildman–Crippen LogP) is 4.30.